The molecule has 1 aromatic heterocycles. The summed E-state index contributed by atoms with van der Waals surface area (Å²) in [6.45, 7) is 6.82. The van der Waals surface area contributed by atoms with Gasteiger partial charge in [-0.2, -0.15) is 0 Å². The van der Waals surface area contributed by atoms with E-state index in [1.165, 1.54) is 5.56 Å². The van der Waals surface area contributed by atoms with Crippen molar-refractivity contribution in [1.82, 2.24) is 9.88 Å². The van der Waals surface area contributed by atoms with Crippen LogP contribution < -0.4 is 10.9 Å². The van der Waals surface area contributed by atoms with Crippen LogP contribution in [0.25, 0.3) is 10.9 Å². The minimum absolute atomic E-state index is 0.0458. The predicted octanol–water partition coefficient (Wildman–Crippen LogP) is 4.21. The standard InChI is InChI=1S/C22H30N2O2/c1-4-5-13-24-20-12-11-16(21(25)23-15(2)3)14-19(20)17-9-7-6-8-10-18(17)22(24)26/h11-12,14-15H,4-10,13H2,1-3H3,(H,23,25). The Kier molecular flexibility index (Phi) is 5.80. The number of carbonyl (C=O) groups is 1. The van der Waals surface area contributed by atoms with Crippen LogP contribution in [0, 0.1) is 0 Å². The largest absolute Gasteiger partial charge is 0.350 e. The van der Waals surface area contributed by atoms with Gasteiger partial charge in [0, 0.05) is 29.1 Å². The molecule has 26 heavy (non-hydrogen) atoms. The molecule has 0 saturated carbocycles. The van der Waals surface area contributed by atoms with Gasteiger partial charge in [0.25, 0.3) is 11.5 Å². The maximum Gasteiger partial charge on any atom is 0.254 e. The van der Waals surface area contributed by atoms with Crippen LogP contribution in [0.3, 0.4) is 0 Å². The highest BCUT2D eigenvalue weighted by atomic mass is 16.1. The lowest BCUT2D eigenvalue weighted by atomic mass is 9.97. The van der Waals surface area contributed by atoms with Crippen LogP contribution in [0.15, 0.2) is 23.0 Å². The second kappa shape index (κ2) is 8.07. The third-order valence-corrected chi connectivity index (χ3v) is 5.25. The third kappa shape index (κ3) is 3.69. The highest BCUT2D eigenvalue weighted by molar-refractivity contribution is 5.99. The zero-order valence-corrected chi connectivity index (χ0v) is 16.2. The van der Waals surface area contributed by atoms with Gasteiger partial charge in [0.05, 0.1) is 5.52 Å². The molecule has 1 N–H and O–H groups in total. The molecule has 0 atom stereocenters. The van der Waals surface area contributed by atoms with Crippen molar-refractivity contribution in [2.45, 2.75) is 78.3 Å². The Bertz CT molecular complexity index is 865. The van der Waals surface area contributed by atoms with Crippen LogP contribution in [0.1, 0.15) is 74.4 Å². The number of amides is 1. The highest BCUT2D eigenvalue weighted by Crippen LogP contribution is 2.27. The SMILES string of the molecule is CCCCn1c(=O)c2c(c3cc(C(=O)NC(C)C)ccc31)CCCCC2. The van der Waals surface area contributed by atoms with Gasteiger partial charge in [-0.15, -0.1) is 0 Å². The average Bonchev–Trinajstić information content (AvgIpc) is 2.87. The van der Waals surface area contributed by atoms with Gasteiger partial charge in [0.1, 0.15) is 0 Å². The number of aromatic nitrogens is 1. The number of pyridine rings is 1. The number of aryl methyl sites for hydroxylation is 2. The summed E-state index contributed by atoms with van der Waals surface area (Å²) in [5.41, 5.74) is 3.99. The van der Waals surface area contributed by atoms with Crippen molar-refractivity contribution >= 4 is 16.8 Å². The lowest BCUT2D eigenvalue weighted by molar-refractivity contribution is 0.0943. The number of hydrogen-bond acceptors (Lipinski definition) is 2. The molecule has 1 heterocycles. The Morgan fingerprint density at radius 2 is 1.88 bits per heavy atom. The molecule has 4 heteroatoms. The summed E-state index contributed by atoms with van der Waals surface area (Å²) in [5, 5.41) is 4.06. The summed E-state index contributed by atoms with van der Waals surface area (Å²) in [5.74, 6) is -0.0458. The fourth-order valence-electron chi connectivity index (χ4n) is 3.93. The summed E-state index contributed by atoms with van der Waals surface area (Å²) in [6.07, 6.45) is 7.20. The molecule has 0 unspecified atom stereocenters. The molecule has 1 aromatic carbocycles. The molecule has 0 spiro atoms. The minimum atomic E-state index is -0.0458. The Balaban J connectivity index is 2.20. The van der Waals surface area contributed by atoms with Crippen LogP contribution in [0.2, 0.25) is 0 Å². The number of rotatable bonds is 5. The molecule has 140 valence electrons. The van der Waals surface area contributed by atoms with Crippen LogP contribution in [-0.2, 0) is 19.4 Å². The van der Waals surface area contributed by atoms with Gasteiger partial charge in [0.15, 0.2) is 0 Å². The first-order valence-electron chi connectivity index (χ1n) is 10.0. The first-order chi connectivity index (χ1) is 12.5. The molecule has 2 aromatic rings. The summed E-state index contributed by atoms with van der Waals surface area (Å²) in [7, 11) is 0. The maximum absolute atomic E-state index is 13.1. The van der Waals surface area contributed by atoms with Crippen LogP contribution in [-0.4, -0.2) is 16.5 Å². The first-order valence-corrected chi connectivity index (χ1v) is 10.0. The van der Waals surface area contributed by atoms with Gasteiger partial charge in [-0.25, -0.2) is 0 Å². The molecule has 0 radical (unpaired) electrons. The Morgan fingerprint density at radius 3 is 2.58 bits per heavy atom. The molecular weight excluding hydrogens is 324 g/mol. The minimum Gasteiger partial charge on any atom is -0.350 e. The lowest BCUT2D eigenvalue weighted by Crippen LogP contribution is -2.30. The molecule has 1 amide bonds. The maximum atomic E-state index is 13.1. The van der Waals surface area contributed by atoms with Crippen molar-refractivity contribution in [1.29, 1.82) is 0 Å². The predicted molar refractivity (Wildman–Crippen MR) is 107 cm³/mol. The molecule has 1 aliphatic carbocycles. The van der Waals surface area contributed by atoms with Gasteiger partial charge in [-0.3, -0.25) is 9.59 Å². The van der Waals surface area contributed by atoms with E-state index < -0.39 is 0 Å². The molecule has 0 saturated heterocycles. The zero-order chi connectivity index (χ0) is 18.7. The smallest absolute Gasteiger partial charge is 0.254 e. The van der Waals surface area contributed by atoms with E-state index in [9.17, 15) is 9.59 Å². The van der Waals surface area contributed by atoms with Crippen LogP contribution >= 0.6 is 0 Å². The number of unbranched alkanes of at least 4 members (excludes halogenated alkanes) is 1. The third-order valence-electron chi connectivity index (χ3n) is 5.25. The van der Waals surface area contributed by atoms with Crippen LogP contribution in [0.5, 0.6) is 0 Å². The monoisotopic (exact) mass is 354 g/mol. The molecule has 0 fully saturated rings. The number of nitrogens with one attached hydrogen (secondary N) is 1. The zero-order valence-electron chi connectivity index (χ0n) is 16.2. The quantitative estimate of drug-likeness (QED) is 0.818. The molecular formula is C22H30N2O2. The Morgan fingerprint density at radius 1 is 1.15 bits per heavy atom. The van der Waals surface area contributed by atoms with E-state index in [1.54, 1.807) is 0 Å². The first kappa shape index (κ1) is 18.7. The van der Waals surface area contributed by atoms with E-state index in [0.29, 0.717) is 5.56 Å². The number of benzene rings is 1. The number of fused-ring (bicyclic) bond motifs is 3. The van der Waals surface area contributed by atoms with E-state index >= 15 is 0 Å². The fraction of sp³-hybridized carbons (Fsp3) is 0.545. The van der Waals surface area contributed by atoms with Crippen molar-refractivity contribution in [2.75, 3.05) is 0 Å². The van der Waals surface area contributed by atoms with Gasteiger partial charge < -0.3 is 9.88 Å². The Hall–Kier alpha value is -2.10. The highest BCUT2D eigenvalue weighted by Gasteiger charge is 2.19. The van der Waals surface area contributed by atoms with Crippen molar-refractivity contribution in [3.63, 3.8) is 0 Å². The van der Waals surface area contributed by atoms with Gasteiger partial charge in [-0.1, -0.05) is 19.8 Å². The number of carbonyl (C=O) groups excluding carboxylic acids is 1. The lowest BCUT2D eigenvalue weighted by Gasteiger charge is -2.18. The van der Waals surface area contributed by atoms with E-state index in [2.05, 4.69) is 12.2 Å². The van der Waals surface area contributed by atoms with Gasteiger partial charge in [-0.05, 0) is 69.7 Å². The van der Waals surface area contributed by atoms with E-state index in [0.717, 1.165) is 68.0 Å². The van der Waals surface area contributed by atoms with Crippen molar-refractivity contribution in [3.05, 3.63) is 45.2 Å². The van der Waals surface area contributed by atoms with Crippen molar-refractivity contribution in [3.8, 4) is 0 Å². The summed E-state index contributed by atoms with van der Waals surface area (Å²) >= 11 is 0. The molecule has 0 bridgehead atoms. The fourth-order valence-corrected chi connectivity index (χ4v) is 3.93. The molecule has 0 aliphatic heterocycles. The van der Waals surface area contributed by atoms with Crippen molar-refractivity contribution in [2.24, 2.45) is 0 Å². The molecule has 4 nitrogen and oxygen atoms in total. The van der Waals surface area contributed by atoms with Crippen molar-refractivity contribution < 1.29 is 4.79 Å². The van der Waals surface area contributed by atoms with E-state index in [4.69, 9.17) is 0 Å². The normalized spacial score (nSPS) is 14.3. The summed E-state index contributed by atoms with van der Waals surface area (Å²) in [4.78, 5) is 25.6. The topological polar surface area (TPSA) is 51.1 Å². The van der Waals surface area contributed by atoms with E-state index in [1.807, 2.05) is 36.6 Å². The van der Waals surface area contributed by atoms with Crippen LogP contribution in [0.4, 0.5) is 0 Å². The van der Waals surface area contributed by atoms with E-state index in [-0.39, 0.29) is 17.5 Å². The van der Waals surface area contributed by atoms with Gasteiger partial charge in [0.2, 0.25) is 0 Å². The summed E-state index contributed by atoms with van der Waals surface area (Å²) in [6, 6.07) is 5.92. The Labute approximate surface area is 155 Å². The second-order valence-electron chi connectivity index (χ2n) is 7.69. The average molecular weight is 354 g/mol. The molecule has 1 aliphatic rings. The van der Waals surface area contributed by atoms with Gasteiger partial charge >= 0.3 is 0 Å². The number of hydrogen-bond donors (Lipinski definition) is 1. The second-order valence-corrected chi connectivity index (χ2v) is 7.69. The summed E-state index contributed by atoms with van der Waals surface area (Å²) < 4.78 is 1.94. The number of nitrogens with zero attached hydrogens (tertiary/aromatic N) is 1. The molecule has 3 rings (SSSR count).